The van der Waals surface area contributed by atoms with Gasteiger partial charge in [-0.2, -0.15) is 0 Å². The smallest absolute Gasteiger partial charge is 0.357 e. The zero-order chi connectivity index (χ0) is 9.85. The van der Waals surface area contributed by atoms with Crippen LogP contribution >= 0.6 is 11.6 Å². The van der Waals surface area contributed by atoms with Crippen LogP contribution in [0.5, 0.6) is 0 Å². The molecule has 1 aliphatic carbocycles. The van der Waals surface area contributed by atoms with Gasteiger partial charge in [0.05, 0.1) is 7.11 Å². The van der Waals surface area contributed by atoms with Gasteiger partial charge in [0.2, 0.25) is 0 Å². The lowest BCUT2D eigenvalue weighted by Gasteiger charge is -2.39. The van der Waals surface area contributed by atoms with Crippen molar-refractivity contribution < 1.29 is 14.3 Å². The Morgan fingerprint density at radius 1 is 1.62 bits per heavy atom. The van der Waals surface area contributed by atoms with Gasteiger partial charge < -0.3 is 9.47 Å². The minimum atomic E-state index is -1.19. The van der Waals surface area contributed by atoms with Crippen molar-refractivity contribution in [1.29, 1.82) is 0 Å². The minimum Gasteiger partial charge on any atom is -0.466 e. The van der Waals surface area contributed by atoms with Crippen LogP contribution in [0.15, 0.2) is 0 Å². The van der Waals surface area contributed by atoms with Crippen LogP contribution in [0.1, 0.15) is 20.3 Å². The number of carbonyl (C=O) groups excluding carboxylic acids is 1. The van der Waals surface area contributed by atoms with E-state index in [1.807, 2.05) is 0 Å². The summed E-state index contributed by atoms with van der Waals surface area (Å²) in [6.45, 7) is 4.19. The summed E-state index contributed by atoms with van der Waals surface area (Å²) >= 11 is 6.02. The van der Waals surface area contributed by atoms with Gasteiger partial charge >= 0.3 is 5.97 Å². The number of epoxide rings is 1. The van der Waals surface area contributed by atoms with Crippen molar-refractivity contribution in [2.45, 2.75) is 30.9 Å². The van der Waals surface area contributed by atoms with Crippen molar-refractivity contribution >= 4 is 17.6 Å². The average Bonchev–Trinajstić information content (AvgIpc) is 2.75. The van der Waals surface area contributed by atoms with Crippen LogP contribution in [-0.4, -0.2) is 23.7 Å². The Morgan fingerprint density at radius 3 is 2.62 bits per heavy atom. The molecule has 1 heterocycles. The SMILES string of the molecule is COC(=O)C1(Cl)OC12CC(C)C2C. The Morgan fingerprint density at radius 2 is 2.23 bits per heavy atom. The van der Waals surface area contributed by atoms with Crippen molar-refractivity contribution in [1.82, 2.24) is 0 Å². The molecule has 0 aromatic carbocycles. The number of methoxy groups -OCH3 is 1. The highest BCUT2D eigenvalue weighted by Crippen LogP contribution is 2.67. The van der Waals surface area contributed by atoms with E-state index in [1.54, 1.807) is 0 Å². The molecule has 4 unspecified atom stereocenters. The Balaban J connectivity index is 2.13. The number of halogens is 1. The Kier molecular flexibility index (Phi) is 1.71. The number of alkyl halides is 1. The second-order valence-electron chi connectivity index (χ2n) is 4.05. The average molecular weight is 205 g/mol. The third kappa shape index (κ3) is 0.868. The van der Waals surface area contributed by atoms with Crippen LogP contribution < -0.4 is 0 Å². The van der Waals surface area contributed by atoms with Crippen LogP contribution in [0, 0.1) is 11.8 Å². The lowest BCUT2D eigenvalue weighted by molar-refractivity contribution is -0.143. The second kappa shape index (κ2) is 2.39. The highest BCUT2D eigenvalue weighted by molar-refractivity contribution is 6.36. The molecular weight excluding hydrogens is 192 g/mol. The molecule has 0 amide bonds. The fraction of sp³-hybridized carbons (Fsp3) is 0.889. The molecule has 2 rings (SSSR count). The topological polar surface area (TPSA) is 38.8 Å². The van der Waals surface area contributed by atoms with Crippen LogP contribution in [0.25, 0.3) is 0 Å². The molecule has 4 atom stereocenters. The predicted octanol–water partition coefficient (Wildman–Crippen LogP) is 1.54. The van der Waals surface area contributed by atoms with Gasteiger partial charge in [-0.15, -0.1) is 0 Å². The van der Waals surface area contributed by atoms with Crippen molar-refractivity contribution in [3.8, 4) is 0 Å². The van der Waals surface area contributed by atoms with Crippen LogP contribution in [0.2, 0.25) is 0 Å². The van der Waals surface area contributed by atoms with Crippen LogP contribution in [0.4, 0.5) is 0 Å². The van der Waals surface area contributed by atoms with Crippen LogP contribution in [0.3, 0.4) is 0 Å². The number of hydrogen-bond acceptors (Lipinski definition) is 3. The molecule has 74 valence electrons. The molecule has 0 bridgehead atoms. The molecule has 1 saturated heterocycles. The first-order valence-corrected chi connectivity index (χ1v) is 4.83. The fourth-order valence-corrected chi connectivity index (χ4v) is 2.73. The van der Waals surface area contributed by atoms with Gasteiger partial charge in [0.25, 0.3) is 5.06 Å². The van der Waals surface area contributed by atoms with Gasteiger partial charge in [-0.25, -0.2) is 4.79 Å². The summed E-state index contributed by atoms with van der Waals surface area (Å²) in [6, 6.07) is 0. The number of hydrogen-bond donors (Lipinski definition) is 0. The van der Waals surface area contributed by atoms with Gasteiger partial charge in [0, 0.05) is 0 Å². The summed E-state index contributed by atoms with van der Waals surface area (Å²) in [5.74, 6) is 0.447. The molecule has 0 N–H and O–H groups in total. The van der Waals surface area contributed by atoms with Crippen molar-refractivity contribution in [3.05, 3.63) is 0 Å². The molecule has 2 fully saturated rings. The van der Waals surface area contributed by atoms with Crippen molar-refractivity contribution in [2.75, 3.05) is 7.11 Å². The molecule has 13 heavy (non-hydrogen) atoms. The number of ether oxygens (including phenoxy) is 2. The Labute approximate surface area is 82.3 Å². The van der Waals surface area contributed by atoms with Crippen molar-refractivity contribution in [3.63, 3.8) is 0 Å². The highest BCUT2D eigenvalue weighted by atomic mass is 35.5. The molecule has 0 radical (unpaired) electrons. The highest BCUT2D eigenvalue weighted by Gasteiger charge is 2.82. The first kappa shape index (κ1) is 9.28. The lowest BCUT2D eigenvalue weighted by Crippen LogP contribution is -2.47. The van der Waals surface area contributed by atoms with Gasteiger partial charge in [-0.1, -0.05) is 25.4 Å². The molecule has 4 heteroatoms. The molecule has 3 nitrogen and oxygen atoms in total. The van der Waals surface area contributed by atoms with Crippen molar-refractivity contribution in [2.24, 2.45) is 11.8 Å². The van der Waals surface area contributed by atoms with E-state index in [9.17, 15) is 4.79 Å². The summed E-state index contributed by atoms with van der Waals surface area (Å²) in [5, 5.41) is -1.19. The summed E-state index contributed by atoms with van der Waals surface area (Å²) in [5.41, 5.74) is -0.429. The quantitative estimate of drug-likeness (QED) is 0.370. The molecular formula is C9H13ClO3. The maximum Gasteiger partial charge on any atom is 0.357 e. The Bertz CT molecular complexity index is 268. The number of rotatable bonds is 1. The maximum atomic E-state index is 11.3. The molecule has 0 aromatic rings. The van der Waals surface area contributed by atoms with E-state index in [4.69, 9.17) is 16.3 Å². The first-order chi connectivity index (χ1) is 5.98. The normalized spacial score (nSPS) is 52.9. The summed E-state index contributed by atoms with van der Waals surface area (Å²) in [7, 11) is 1.33. The van der Waals surface area contributed by atoms with Gasteiger partial charge in [-0.05, 0) is 18.3 Å². The van der Waals surface area contributed by atoms with E-state index >= 15 is 0 Å². The van der Waals surface area contributed by atoms with E-state index < -0.39 is 16.6 Å². The molecule has 1 spiro atoms. The standard InChI is InChI=1S/C9H13ClO3/c1-5-4-8(6(5)2)9(10,13-8)7(11)12-3/h5-6H,4H2,1-3H3. The zero-order valence-electron chi connectivity index (χ0n) is 7.96. The zero-order valence-corrected chi connectivity index (χ0v) is 8.72. The minimum absolute atomic E-state index is 0.337. The lowest BCUT2D eigenvalue weighted by atomic mass is 9.64. The number of esters is 1. The third-order valence-corrected chi connectivity index (χ3v) is 4.04. The second-order valence-corrected chi connectivity index (χ2v) is 4.58. The monoisotopic (exact) mass is 204 g/mol. The van der Waals surface area contributed by atoms with Gasteiger partial charge in [-0.3, -0.25) is 0 Å². The van der Waals surface area contributed by atoms with E-state index in [-0.39, 0.29) is 0 Å². The molecule has 1 aliphatic heterocycles. The van der Waals surface area contributed by atoms with E-state index in [0.29, 0.717) is 11.8 Å². The molecule has 2 aliphatic rings. The van der Waals surface area contributed by atoms with E-state index in [1.165, 1.54) is 7.11 Å². The summed E-state index contributed by atoms with van der Waals surface area (Å²) in [4.78, 5) is 11.3. The number of carbonyl (C=O) groups is 1. The Hall–Kier alpha value is -0.280. The first-order valence-electron chi connectivity index (χ1n) is 4.45. The largest absolute Gasteiger partial charge is 0.466 e. The summed E-state index contributed by atoms with van der Waals surface area (Å²) in [6.07, 6.45) is 0.854. The third-order valence-electron chi connectivity index (χ3n) is 3.49. The molecule has 0 aromatic heterocycles. The van der Waals surface area contributed by atoms with Gasteiger partial charge in [0.15, 0.2) is 0 Å². The van der Waals surface area contributed by atoms with E-state index in [2.05, 4.69) is 18.6 Å². The van der Waals surface area contributed by atoms with Crippen LogP contribution in [-0.2, 0) is 14.3 Å². The fourth-order valence-electron chi connectivity index (χ4n) is 2.27. The van der Waals surface area contributed by atoms with E-state index in [0.717, 1.165) is 6.42 Å². The predicted molar refractivity (Wildman–Crippen MR) is 47.4 cm³/mol. The molecule has 1 saturated carbocycles. The maximum absolute atomic E-state index is 11.3. The van der Waals surface area contributed by atoms with Gasteiger partial charge in [0.1, 0.15) is 5.60 Å². The summed E-state index contributed by atoms with van der Waals surface area (Å²) < 4.78 is 9.95.